The molecule has 1 aliphatic heterocycles. The Morgan fingerprint density at radius 1 is 1.33 bits per heavy atom. The summed E-state index contributed by atoms with van der Waals surface area (Å²) in [6.07, 6.45) is 1.85. The van der Waals surface area contributed by atoms with Gasteiger partial charge in [0, 0.05) is 32.2 Å². The van der Waals surface area contributed by atoms with Crippen molar-refractivity contribution in [1.29, 1.82) is 0 Å². The van der Waals surface area contributed by atoms with Crippen LogP contribution < -0.4 is 10.6 Å². The van der Waals surface area contributed by atoms with E-state index < -0.39 is 5.97 Å². The van der Waals surface area contributed by atoms with Crippen molar-refractivity contribution in [2.24, 2.45) is 0 Å². The van der Waals surface area contributed by atoms with E-state index in [1.165, 1.54) is 6.07 Å². The molecule has 1 aliphatic rings. The molecule has 2 rings (SSSR count). The Kier molecular flexibility index (Phi) is 6.37. The molecule has 0 spiro atoms. The standard InChI is InChI=1S/C18H25N3O3/c1-13(2)12-21-8-6-16(7-9-21)20-18(24)19-11-14-4-3-5-15(10-14)17(22)23/h3-5,10,16H,1,6-9,11-12H2,2H3,(H,22,23)(H2,19,20,24). The largest absolute Gasteiger partial charge is 0.478 e. The van der Waals surface area contributed by atoms with Gasteiger partial charge in [0.2, 0.25) is 0 Å². The van der Waals surface area contributed by atoms with E-state index in [1.54, 1.807) is 18.2 Å². The van der Waals surface area contributed by atoms with Crippen LogP contribution in [0.2, 0.25) is 0 Å². The molecule has 24 heavy (non-hydrogen) atoms. The number of carbonyl (C=O) groups is 2. The van der Waals surface area contributed by atoms with Crippen molar-refractivity contribution in [3.05, 3.63) is 47.5 Å². The smallest absolute Gasteiger partial charge is 0.335 e. The average molecular weight is 331 g/mol. The van der Waals surface area contributed by atoms with Crippen LogP contribution in [0.15, 0.2) is 36.4 Å². The summed E-state index contributed by atoms with van der Waals surface area (Å²) in [6.45, 7) is 9.09. The Hall–Kier alpha value is -2.34. The van der Waals surface area contributed by atoms with Crippen LogP contribution in [-0.4, -0.2) is 47.7 Å². The summed E-state index contributed by atoms with van der Waals surface area (Å²) in [5.74, 6) is -0.970. The predicted molar refractivity (Wildman–Crippen MR) is 93.0 cm³/mol. The van der Waals surface area contributed by atoms with Gasteiger partial charge in [-0.05, 0) is 37.5 Å². The molecule has 1 aromatic carbocycles. The Bertz CT molecular complexity index is 607. The third-order valence-corrected chi connectivity index (χ3v) is 4.04. The second-order valence-electron chi connectivity index (χ2n) is 6.34. The number of carbonyl (C=O) groups excluding carboxylic acids is 1. The van der Waals surface area contributed by atoms with Gasteiger partial charge in [0.15, 0.2) is 0 Å². The maximum Gasteiger partial charge on any atom is 0.335 e. The summed E-state index contributed by atoms with van der Waals surface area (Å²) in [4.78, 5) is 25.3. The van der Waals surface area contributed by atoms with Crippen molar-refractivity contribution < 1.29 is 14.7 Å². The van der Waals surface area contributed by atoms with Crippen molar-refractivity contribution in [3.8, 4) is 0 Å². The van der Waals surface area contributed by atoms with Gasteiger partial charge in [-0.2, -0.15) is 0 Å². The van der Waals surface area contributed by atoms with Crippen molar-refractivity contribution in [1.82, 2.24) is 15.5 Å². The highest BCUT2D eigenvalue weighted by molar-refractivity contribution is 5.87. The zero-order chi connectivity index (χ0) is 17.5. The minimum atomic E-state index is -0.970. The number of aromatic carboxylic acids is 1. The Labute approximate surface area is 142 Å². The number of likely N-dealkylation sites (tertiary alicyclic amines) is 1. The second kappa shape index (κ2) is 8.49. The maximum absolute atomic E-state index is 12.0. The SMILES string of the molecule is C=C(C)CN1CCC(NC(=O)NCc2cccc(C(=O)O)c2)CC1. The number of nitrogens with one attached hydrogen (secondary N) is 2. The fourth-order valence-corrected chi connectivity index (χ4v) is 2.85. The first kappa shape index (κ1) is 18.0. The van der Waals surface area contributed by atoms with Crippen LogP contribution in [0.4, 0.5) is 4.79 Å². The fourth-order valence-electron chi connectivity index (χ4n) is 2.85. The van der Waals surface area contributed by atoms with Gasteiger partial charge in [-0.3, -0.25) is 4.90 Å². The third-order valence-electron chi connectivity index (χ3n) is 4.04. The highest BCUT2D eigenvalue weighted by atomic mass is 16.4. The third kappa shape index (κ3) is 5.70. The monoisotopic (exact) mass is 331 g/mol. The highest BCUT2D eigenvalue weighted by Gasteiger charge is 2.20. The first-order valence-corrected chi connectivity index (χ1v) is 8.17. The Morgan fingerprint density at radius 3 is 2.67 bits per heavy atom. The number of urea groups is 1. The topological polar surface area (TPSA) is 81.7 Å². The van der Waals surface area contributed by atoms with E-state index in [1.807, 2.05) is 6.92 Å². The molecule has 3 N–H and O–H groups in total. The van der Waals surface area contributed by atoms with E-state index in [0.717, 1.165) is 43.6 Å². The van der Waals surface area contributed by atoms with Crippen LogP contribution in [0.1, 0.15) is 35.7 Å². The van der Waals surface area contributed by atoms with Crippen LogP contribution in [0.3, 0.4) is 0 Å². The van der Waals surface area contributed by atoms with Crippen molar-refractivity contribution in [2.75, 3.05) is 19.6 Å². The van der Waals surface area contributed by atoms with Gasteiger partial charge in [0.25, 0.3) is 0 Å². The van der Waals surface area contributed by atoms with Crippen LogP contribution >= 0.6 is 0 Å². The van der Waals surface area contributed by atoms with E-state index in [0.29, 0.717) is 6.54 Å². The number of carboxylic acids is 1. The lowest BCUT2D eigenvalue weighted by Gasteiger charge is -2.32. The number of piperidine rings is 1. The molecule has 6 heteroatoms. The lowest BCUT2D eigenvalue weighted by Crippen LogP contribution is -2.47. The van der Waals surface area contributed by atoms with Gasteiger partial charge >= 0.3 is 12.0 Å². The summed E-state index contributed by atoms with van der Waals surface area (Å²) < 4.78 is 0. The number of benzene rings is 1. The number of nitrogens with zero attached hydrogens (tertiary/aromatic N) is 1. The molecule has 0 saturated carbocycles. The molecule has 0 aliphatic carbocycles. The lowest BCUT2D eigenvalue weighted by molar-refractivity contribution is 0.0696. The molecule has 1 saturated heterocycles. The van der Waals surface area contributed by atoms with E-state index >= 15 is 0 Å². The van der Waals surface area contributed by atoms with E-state index in [-0.39, 0.29) is 17.6 Å². The maximum atomic E-state index is 12.0. The summed E-state index contributed by atoms with van der Waals surface area (Å²) in [7, 11) is 0. The van der Waals surface area contributed by atoms with Gasteiger partial charge in [-0.1, -0.05) is 24.3 Å². The number of rotatable bonds is 6. The number of hydrogen-bond donors (Lipinski definition) is 3. The van der Waals surface area contributed by atoms with Gasteiger partial charge in [-0.25, -0.2) is 9.59 Å². The fraction of sp³-hybridized carbons (Fsp3) is 0.444. The van der Waals surface area contributed by atoms with Crippen LogP contribution in [-0.2, 0) is 6.54 Å². The molecule has 0 bridgehead atoms. The Balaban J connectivity index is 1.73. The van der Waals surface area contributed by atoms with Crippen LogP contribution in [0.5, 0.6) is 0 Å². The summed E-state index contributed by atoms with van der Waals surface area (Å²) in [6, 6.07) is 6.54. The number of hydrogen-bond acceptors (Lipinski definition) is 3. The molecule has 0 aromatic heterocycles. The van der Waals surface area contributed by atoms with E-state index in [9.17, 15) is 9.59 Å². The molecule has 0 unspecified atom stereocenters. The van der Waals surface area contributed by atoms with Crippen LogP contribution in [0.25, 0.3) is 0 Å². The first-order chi connectivity index (χ1) is 11.4. The normalized spacial score (nSPS) is 15.7. The number of carboxylic acid groups (broad SMARTS) is 1. The summed E-state index contributed by atoms with van der Waals surface area (Å²) in [5, 5.41) is 14.7. The quantitative estimate of drug-likeness (QED) is 0.698. The van der Waals surface area contributed by atoms with Crippen molar-refractivity contribution >= 4 is 12.0 Å². The van der Waals surface area contributed by atoms with Crippen molar-refractivity contribution in [3.63, 3.8) is 0 Å². The minimum Gasteiger partial charge on any atom is -0.478 e. The molecule has 1 fully saturated rings. The average Bonchev–Trinajstić information content (AvgIpc) is 2.54. The van der Waals surface area contributed by atoms with E-state index in [2.05, 4.69) is 22.1 Å². The molecule has 1 heterocycles. The number of amides is 2. The van der Waals surface area contributed by atoms with Crippen molar-refractivity contribution in [2.45, 2.75) is 32.4 Å². The Morgan fingerprint density at radius 2 is 2.04 bits per heavy atom. The summed E-state index contributed by atoms with van der Waals surface area (Å²) in [5.41, 5.74) is 2.14. The summed E-state index contributed by atoms with van der Waals surface area (Å²) >= 11 is 0. The highest BCUT2D eigenvalue weighted by Crippen LogP contribution is 2.11. The molecular weight excluding hydrogens is 306 g/mol. The molecular formula is C18H25N3O3. The van der Waals surface area contributed by atoms with Gasteiger partial charge in [-0.15, -0.1) is 0 Å². The lowest BCUT2D eigenvalue weighted by atomic mass is 10.0. The first-order valence-electron chi connectivity index (χ1n) is 8.17. The zero-order valence-electron chi connectivity index (χ0n) is 14.0. The van der Waals surface area contributed by atoms with Gasteiger partial charge in [0.1, 0.15) is 0 Å². The molecule has 1 aromatic rings. The second-order valence-corrected chi connectivity index (χ2v) is 6.34. The molecule has 0 atom stereocenters. The zero-order valence-corrected chi connectivity index (χ0v) is 14.0. The molecule has 0 radical (unpaired) electrons. The predicted octanol–water partition coefficient (Wildman–Crippen LogP) is 2.22. The molecule has 130 valence electrons. The van der Waals surface area contributed by atoms with E-state index in [4.69, 9.17) is 5.11 Å². The molecule has 6 nitrogen and oxygen atoms in total. The van der Waals surface area contributed by atoms with Gasteiger partial charge in [0.05, 0.1) is 5.56 Å². The minimum absolute atomic E-state index is 0.178. The van der Waals surface area contributed by atoms with Gasteiger partial charge < -0.3 is 15.7 Å². The molecule has 2 amide bonds. The van der Waals surface area contributed by atoms with Crippen LogP contribution in [0, 0.1) is 0 Å².